The number of likely N-dealkylation sites (tertiary alicyclic amines) is 2. The summed E-state index contributed by atoms with van der Waals surface area (Å²) < 4.78 is 26.2. The van der Waals surface area contributed by atoms with Crippen molar-refractivity contribution in [1.29, 1.82) is 0 Å². The molecule has 2 amide bonds. The van der Waals surface area contributed by atoms with Crippen molar-refractivity contribution in [2.45, 2.75) is 84.3 Å². The maximum Gasteiger partial charge on any atom is 0.254 e. The molecule has 0 saturated carbocycles. The molecule has 0 bridgehead atoms. The number of fused-ring (bicyclic) bond motifs is 2. The molecule has 63 heavy (non-hydrogen) atoms. The van der Waals surface area contributed by atoms with Crippen LogP contribution in [0.3, 0.4) is 0 Å². The molecule has 0 N–H and O–H groups in total. The van der Waals surface area contributed by atoms with E-state index in [0.29, 0.717) is 117 Å². The molecule has 0 spiro atoms. The lowest BCUT2D eigenvalue weighted by atomic mass is 9.88. The third kappa shape index (κ3) is 12.1. The zero-order valence-corrected chi connectivity index (χ0v) is 38.3. The minimum Gasteiger partial charge on any atom is -0.379 e. The van der Waals surface area contributed by atoms with Gasteiger partial charge in [0, 0.05) is 82.4 Å². The molecule has 0 unspecified atom stereocenters. The molecule has 344 valence electrons. The van der Waals surface area contributed by atoms with Crippen LogP contribution < -0.4 is 5.56 Å². The number of hydrogen-bond acceptors (Lipinski definition) is 10. The smallest absolute Gasteiger partial charge is 0.254 e. The molecule has 3 fully saturated rings. The molecular formula is C49H71N7O7. The average Bonchev–Trinajstić information content (AvgIpc) is 3.72. The lowest BCUT2D eigenvalue weighted by molar-refractivity contribution is -0.143. The Morgan fingerprint density at radius 3 is 2.11 bits per heavy atom. The van der Waals surface area contributed by atoms with Crippen LogP contribution in [0.15, 0.2) is 53.5 Å². The van der Waals surface area contributed by atoms with Gasteiger partial charge in [-0.05, 0) is 114 Å². The van der Waals surface area contributed by atoms with E-state index in [1.807, 2.05) is 63.4 Å². The fourth-order valence-corrected chi connectivity index (χ4v) is 9.95. The molecule has 1 atom stereocenters. The summed E-state index contributed by atoms with van der Waals surface area (Å²) in [5.74, 6) is -0.379. The van der Waals surface area contributed by atoms with Crippen molar-refractivity contribution in [3.63, 3.8) is 0 Å². The first-order chi connectivity index (χ1) is 30.7. The quantitative estimate of drug-likeness (QED) is 0.106. The molecule has 3 saturated heterocycles. The first-order valence-corrected chi connectivity index (χ1v) is 23.6. The summed E-state index contributed by atoms with van der Waals surface area (Å²) in [6.07, 6.45) is 6.24. The number of rotatable bonds is 21. The first-order valence-electron chi connectivity index (χ1n) is 23.6. The topological polar surface area (TPSA) is 124 Å². The van der Waals surface area contributed by atoms with Crippen LogP contribution in [0.5, 0.6) is 0 Å². The van der Waals surface area contributed by atoms with Gasteiger partial charge in [-0.1, -0.05) is 24.3 Å². The molecule has 7 rings (SSSR count). The zero-order chi connectivity index (χ0) is 44.1. The minimum absolute atomic E-state index is 0.00633. The average molecular weight is 870 g/mol. The molecule has 0 radical (unpaired) electrons. The van der Waals surface area contributed by atoms with E-state index in [0.717, 1.165) is 64.7 Å². The van der Waals surface area contributed by atoms with E-state index in [-0.39, 0.29) is 29.7 Å². The second-order valence-corrected chi connectivity index (χ2v) is 17.6. The van der Waals surface area contributed by atoms with E-state index in [2.05, 4.69) is 47.1 Å². The Hall–Kier alpha value is -4.18. The fourth-order valence-electron chi connectivity index (χ4n) is 9.95. The Labute approximate surface area is 373 Å². The van der Waals surface area contributed by atoms with Crippen LogP contribution in [0.1, 0.15) is 68.6 Å². The zero-order valence-electron chi connectivity index (χ0n) is 38.3. The van der Waals surface area contributed by atoms with E-state index < -0.39 is 5.92 Å². The summed E-state index contributed by atoms with van der Waals surface area (Å²) in [7, 11) is 2.19. The Morgan fingerprint density at radius 2 is 1.41 bits per heavy atom. The molecule has 2 aromatic carbocycles. The van der Waals surface area contributed by atoms with Gasteiger partial charge in [0.15, 0.2) is 0 Å². The number of piperazine rings is 1. The van der Waals surface area contributed by atoms with Gasteiger partial charge in [-0.15, -0.1) is 0 Å². The molecule has 4 aromatic rings. The van der Waals surface area contributed by atoms with Crippen molar-refractivity contribution in [2.75, 3.05) is 112 Å². The Kier molecular flexibility index (Phi) is 17.2. The van der Waals surface area contributed by atoms with Crippen molar-refractivity contribution >= 4 is 33.6 Å². The van der Waals surface area contributed by atoms with Crippen LogP contribution in [-0.4, -0.2) is 164 Å². The van der Waals surface area contributed by atoms with Crippen LogP contribution in [-0.2, 0) is 48.0 Å². The highest BCUT2D eigenvalue weighted by molar-refractivity contribution is 5.87. The van der Waals surface area contributed by atoms with E-state index in [1.54, 1.807) is 0 Å². The number of carbonyl (C=O) groups is 2. The van der Waals surface area contributed by atoms with Crippen molar-refractivity contribution in [3.8, 4) is 0 Å². The molecule has 14 nitrogen and oxygen atoms in total. The van der Waals surface area contributed by atoms with Crippen molar-refractivity contribution < 1.29 is 28.5 Å². The summed E-state index contributed by atoms with van der Waals surface area (Å²) in [4.78, 5) is 51.9. The number of amides is 2. The van der Waals surface area contributed by atoms with Gasteiger partial charge < -0.3 is 38.2 Å². The number of benzene rings is 2. The van der Waals surface area contributed by atoms with Gasteiger partial charge in [-0.2, -0.15) is 5.10 Å². The van der Waals surface area contributed by atoms with E-state index >= 15 is 0 Å². The predicted octanol–water partition coefficient (Wildman–Crippen LogP) is 4.96. The summed E-state index contributed by atoms with van der Waals surface area (Å²) in [6.45, 7) is 18.0. The number of ether oxygens (including phenoxy) is 4. The number of nitrogens with zero attached hydrogens (tertiary/aromatic N) is 7. The van der Waals surface area contributed by atoms with Gasteiger partial charge in [0.2, 0.25) is 11.8 Å². The SMILES string of the molecule is CCOCCOCCn1ncc2cc(C[C@@H](CC(=O)N3CCC(c4cc5ccccc5n(CCOCCOCC)c4=O)CC3)C(=O)N3CCN(C4CCN(C)CC4)CC3)cc(C)c21. The van der Waals surface area contributed by atoms with Crippen LogP contribution in [0.4, 0.5) is 0 Å². The highest BCUT2D eigenvalue weighted by Crippen LogP contribution is 2.30. The van der Waals surface area contributed by atoms with Crippen LogP contribution in [0.2, 0.25) is 0 Å². The number of piperidine rings is 2. The summed E-state index contributed by atoms with van der Waals surface area (Å²) >= 11 is 0. The maximum absolute atomic E-state index is 14.6. The van der Waals surface area contributed by atoms with Crippen LogP contribution in [0, 0.1) is 12.8 Å². The molecule has 14 heteroatoms. The lowest BCUT2D eigenvalue weighted by Gasteiger charge is -2.43. The van der Waals surface area contributed by atoms with Gasteiger partial charge in [-0.25, -0.2) is 0 Å². The number of pyridine rings is 1. The molecule has 0 aliphatic carbocycles. The van der Waals surface area contributed by atoms with Gasteiger partial charge in [0.1, 0.15) is 0 Å². The molecule has 3 aliphatic rings. The maximum atomic E-state index is 14.6. The van der Waals surface area contributed by atoms with Crippen LogP contribution >= 0.6 is 0 Å². The van der Waals surface area contributed by atoms with Crippen molar-refractivity contribution in [1.82, 2.24) is 33.9 Å². The normalized spacial score (nSPS) is 17.9. The number of hydrogen-bond donors (Lipinski definition) is 0. The van der Waals surface area contributed by atoms with Gasteiger partial charge in [0.05, 0.1) is 69.3 Å². The number of aromatic nitrogens is 3. The van der Waals surface area contributed by atoms with Crippen molar-refractivity contribution in [2.24, 2.45) is 5.92 Å². The van der Waals surface area contributed by atoms with Gasteiger partial charge >= 0.3 is 0 Å². The fraction of sp³-hybridized carbons (Fsp3) is 0.633. The first kappa shape index (κ1) is 46.8. The predicted molar refractivity (Wildman–Crippen MR) is 246 cm³/mol. The highest BCUT2D eigenvalue weighted by atomic mass is 16.5. The monoisotopic (exact) mass is 870 g/mol. The lowest BCUT2D eigenvalue weighted by Crippen LogP contribution is -2.55. The largest absolute Gasteiger partial charge is 0.379 e. The van der Waals surface area contributed by atoms with Crippen LogP contribution in [0.25, 0.3) is 21.8 Å². The third-order valence-corrected chi connectivity index (χ3v) is 13.4. The van der Waals surface area contributed by atoms with E-state index in [4.69, 9.17) is 18.9 Å². The minimum atomic E-state index is -0.487. The third-order valence-electron chi connectivity index (χ3n) is 13.4. The number of carbonyl (C=O) groups excluding carboxylic acids is 2. The molecular weight excluding hydrogens is 799 g/mol. The standard InChI is InChI=1S/C49H71N7O7/c1-5-60-27-29-62-25-23-55-45-10-8-7-9-40(45)34-44(49(55)59)39-11-17-53(18-12-39)46(57)35-41(48(58)54-21-19-52(20-22-54)43-13-15-51(4)16-14-43)32-38-31-37(3)47-42(33-38)36-50-56(47)24-26-63-30-28-61-6-2/h7-10,31,33-34,36,39,41,43H,5-6,11-30,32,35H2,1-4H3/t41-/m0/s1. The van der Waals surface area contributed by atoms with Gasteiger partial charge in [0.25, 0.3) is 5.56 Å². The Morgan fingerprint density at radius 1 is 0.746 bits per heavy atom. The van der Waals surface area contributed by atoms with E-state index in [9.17, 15) is 14.4 Å². The molecule has 2 aromatic heterocycles. The Balaban J connectivity index is 1.02. The van der Waals surface area contributed by atoms with Crippen molar-refractivity contribution in [3.05, 3.63) is 75.7 Å². The second kappa shape index (κ2) is 23.1. The molecule has 3 aliphatic heterocycles. The van der Waals surface area contributed by atoms with Gasteiger partial charge in [-0.3, -0.25) is 24.0 Å². The number of para-hydroxylation sites is 1. The summed E-state index contributed by atoms with van der Waals surface area (Å²) in [5.41, 5.74) is 4.89. The molecule has 5 heterocycles. The van der Waals surface area contributed by atoms with E-state index in [1.165, 1.54) is 12.8 Å². The highest BCUT2D eigenvalue weighted by Gasteiger charge is 2.34. The summed E-state index contributed by atoms with van der Waals surface area (Å²) in [5, 5.41) is 6.73. The number of aryl methyl sites for hydroxylation is 1. The Bertz CT molecular complexity index is 2150. The second-order valence-electron chi connectivity index (χ2n) is 17.6. The summed E-state index contributed by atoms with van der Waals surface area (Å²) in [6, 6.07) is 14.9.